The highest BCUT2D eigenvalue weighted by Crippen LogP contribution is 2.29. The number of hydrogen-bond donors (Lipinski definition) is 0. The van der Waals surface area contributed by atoms with Crippen LogP contribution in [0.25, 0.3) is 10.9 Å². The van der Waals surface area contributed by atoms with E-state index in [1.54, 1.807) is 32.4 Å². The molecule has 0 aliphatic carbocycles. The summed E-state index contributed by atoms with van der Waals surface area (Å²) in [5, 5.41) is 1.77. The van der Waals surface area contributed by atoms with Crippen LogP contribution in [0.3, 0.4) is 0 Å². The minimum atomic E-state index is 0.00583. The molecule has 0 aliphatic heterocycles. The molecule has 3 rings (SSSR count). The Balaban J connectivity index is 1.81. The Morgan fingerprint density at radius 1 is 1.04 bits per heavy atom. The van der Waals surface area contributed by atoms with Gasteiger partial charge in [-0.2, -0.15) is 0 Å². The van der Waals surface area contributed by atoms with Crippen LogP contribution in [-0.4, -0.2) is 35.7 Å². The van der Waals surface area contributed by atoms with Gasteiger partial charge in [0.25, 0.3) is 0 Å². The van der Waals surface area contributed by atoms with E-state index in [4.69, 9.17) is 9.47 Å². The zero-order valence-corrected chi connectivity index (χ0v) is 15.1. The fourth-order valence-corrected chi connectivity index (χ4v) is 3.45. The van der Waals surface area contributed by atoms with Gasteiger partial charge in [-0.15, -0.1) is 0 Å². The summed E-state index contributed by atoms with van der Waals surface area (Å²) in [6.45, 7) is 1.85. The zero-order chi connectivity index (χ0) is 17.8. The monoisotopic (exact) mass is 354 g/mol. The van der Waals surface area contributed by atoms with E-state index in [1.807, 2.05) is 31.2 Å². The number of thioether (sulfide) groups is 1. The molecular weight excluding hydrogens is 336 g/mol. The molecule has 0 spiro atoms. The lowest BCUT2D eigenvalue weighted by molar-refractivity contribution is 0.102. The molecule has 128 valence electrons. The summed E-state index contributed by atoms with van der Waals surface area (Å²) >= 11 is 1.42. The van der Waals surface area contributed by atoms with Crippen molar-refractivity contribution in [2.45, 2.75) is 11.9 Å². The largest absolute Gasteiger partial charge is 0.493 e. The summed E-state index contributed by atoms with van der Waals surface area (Å²) in [4.78, 5) is 21.5. The Bertz CT molecular complexity index is 928. The van der Waals surface area contributed by atoms with Crippen LogP contribution < -0.4 is 9.47 Å². The maximum atomic E-state index is 12.5. The highest BCUT2D eigenvalue weighted by atomic mass is 32.2. The zero-order valence-electron chi connectivity index (χ0n) is 14.3. The smallest absolute Gasteiger partial charge is 0.173 e. The number of para-hydroxylation sites is 1. The number of carbonyl (C=O) groups excluding carboxylic acids is 1. The van der Waals surface area contributed by atoms with Gasteiger partial charge in [-0.3, -0.25) is 4.79 Å². The lowest BCUT2D eigenvalue weighted by atomic mass is 10.1. The molecule has 0 N–H and O–H groups in total. The Morgan fingerprint density at radius 3 is 2.56 bits per heavy atom. The first-order valence-corrected chi connectivity index (χ1v) is 8.72. The summed E-state index contributed by atoms with van der Waals surface area (Å²) in [7, 11) is 3.12. The molecule has 3 aromatic rings. The Morgan fingerprint density at radius 2 is 1.80 bits per heavy atom. The maximum Gasteiger partial charge on any atom is 0.173 e. The van der Waals surface area contributed by atoms with Gasteiger partial charge in [0, 0.05) is 10.9 Å². The van der Waals surface area contributed by atoms with Crippen molar-refractivity contribution < 1.29 is 14.3 Å². The number of nitrogens with zero attached hydrogens (tertiary/aromatic N) is 2. The molecule has 0 aliphatic rings. The summed E-state index contributed by atoms with van der Waals surface area (Å²) in [5.74, 6) is 2.13. The van der Waals surface area contributed by atoms with Crippen LogP contribution in [0.2, 0.25) is 0 Å². The molecule has 0 bridgehead atoms. The van der Waals surface area contributed by atoms with E-state index in [0.717, 1.165) is 15.9 Å². The number of aryl methyl sites for hydroxylation is 1. The Hall–Kier alpha value is -2.60. The molecule has 0 amide bonds. The first kappa shape index (κ1) is 17.2. The number of rotatable bonds is 6. The summed E-state index contributed by atoms with van der Waals surface area (Å²) in [5.41, 5.74) is 1.47. The fraction of sp³-hybridized carbons (Fsp3) is 0.211. The van der Waals surface area contributed by atoms with Gasteiger partial charge in [-0.05, 0) is 31.2 Å². The maximum absolute atomic E-state index is 12.5. The Kier molecular flexibility index (Phi) is 5.19. The minimum Gasteiger partial charge on any atom is -0.493 e. The number of ketones is 1. The number of benzene rings is 2. The molecule has 0 saturated heterocycles. The van der Waals surface area contributed by atoms with Crippen molar-refractivity contribution in [3.05, 3.63) is 53.9 Å². The number of carbonyl (C=O) groups is 1. The molecule has 0 saturated carbocycles. The SMILES string of the molecule is COc1ccc(C(=O)CSc2nc(C)nc3ccccc23)cc1OC. The first-order valence-electron chi connectivity index (χ1n) is 7.74. The second-order valence-corrected chi connectivity index (χ2v) is 6.34. The fourth-order valence-electron chi connectivity index (χ4n) is 2.50. The third-order valence-corrected chi connectivity index (χ3v) is 4.72. The summed E-state index contributed by atoms with van der Waals surface area (Å²) in [6.07, 6.45) is 0. The predicted molar refractivity (Wildman–Crippen MR) is 98.9 cm³/mol. The van der Waals surface area contributed by atoms with Crippen molar-refractivity contribution in [1.29, 1.82) is 0 Å². The first-order chi connectivity index (χ1) is 12.1. The molecule has 0 unspecified atom stereocenters. The highest BCUT2D eigenvalue weighted by Gasteiger charge is 2.13. The molecule has 0 atom stereocenters. The number of aromatic nitrogens is 2. The van der Waals surface area contributed by atoms with E-state index in [2.05, 4.69) is 9.97 Å². The van der Waals surface area contributed by atoms with E-state index in [1.165, 1.54) is 11.8 Å². The predicted octanol–water partition coefficient (Wildman–Crippen LogP) is 3.93. The van der Waals surface area contributed by atoms with Gasteiger partial charge in [0.2, 0.25) is 0 Å². The van der Waals surface area contributed by atoms with Crippen molar-refractivity contribution in [3.63, 3.8) is 0 Å². The van der Waals surface area contributed by atoms with E-state index in [9.17, 15) is 4.79 Å². The van der Waals surface area contributed by atoms with Gasteiger partial charge in [-0.25, -0.2) is 9.97 Å². The summed E-state index contributed by atoms with van der Waals surface area (Å²) < 4.78 is 10.5. The third kappa shape index (κ3) is 3.74. The van der Waals surface area contributed by atoms with Crippen molar-refractivity contribution >= 4 is 28.4 Å². The minimum absolute atomic E-state index is 0.00583. The van der Waals surface area contributed by atoms with Gasteiger partial charge in [0.1, 0.15) is 10.9 Å². The number of fused-ring (bicyclic) bond motifs is 1. The van der Waals surface area contributed by atoms with E-state index >= 15 is 0 Å². The van der Waals surface area contributed by atoms with Crippen LogP contribution in [0.15, 0.2) is 47.5 Å². The van der Waals surface area contributed by atoms with E-state index < -0.39 is 0 Å². The van der Waals surface area contributed by atoms with Gasteiger partial charge in [-0.1, -0.05) is 30.0 Å². The number of methoxy groups -OCH3 is 2. The quantitative estimate of drug-likeness (QED) is 0.380. The van der Waals surface area contributed by atoms with Gasteiger partial charge < -0.3 is 9.47 Å². The second kappa shape index (κ2) is 7.53. The van der Waals surface area contributed by atoms with E-state index in [-0.39, 0.29) is 11.5 Å². The van der Waals surface area contributed by atoms with Crippen molar-refractivity contribution in [2.75, 3.05) is 20.0 Å². The van der Waals surface area contributed by atoms with Gasteiger partial charge >= 0.3 is 0 Å². The second-order valence-electron chi connectivity index (χ2n) is 5.37. The molecule has 25 heavy (non-hydrogen) atoms. The van der Waals surface area contributed by atoms with Gasteiger partial charge in [0.05, 0.1) is 25.5 Å². The van der Waals surface area contributed by atoms with Crippen LogP contribution in [0, 0.1) is 6.92 Å². The number of hydrogen-bond acceptors (Lipinski definition) is 6. The Labute approximate surface area is 150 Å². The average molecular weight is 354 g/mol. The molecule has 2 aromatic carbocycles. The molecule has 1 aromatic heterocycles. The van der Waals surface area contributed by atoms with Crippen molar-refractivity contribution in [2.24, 2.45) is 0 Å². The van der Waals surface area contributed by atoms with Gasteiger partial charge in [0.15, 0.2) is 17.3 Å². The highest BCUT2D eigenvalue weighted by molar-refractivity contribution is 8.00. The van der Waals surface area contributed by atoms with Crippen molar-refractivity contribution in [3.8, 4) is 11.5 Å². The van der Waals surface area contributed by atoms with Crippen LogP contribution in [-0.2, 0) is 0 Å². The summed E-state index contributed by atoms with van der Waals surface area (Å²) in [6, 6.07) is 13.0. The normalized spacial score (nSPS) is 10.7. The molecule has 5 nitrogen and oxygen atoms in total. The lowest BCUT2D eigenvalue weighted by Crippen LogP contribution is -2.04. The van der Waals surface area contributed by atoms with E-state index in [0.29, 0.717) is 22.9 Å². The lowest BCUT2D eigenvalue weighted by Gasteiger charge is -2.09. The molecule has 1 heterocycles. The third-order valence-electron chi connectivity index (χ3n) is 3.73. The molecule has 0 fully saturated rings. The van der Waals surface area contributed by atoms with Crippen LogP contribution in [0.5, 0.6) is 11.5 Å². The topological polar surface area (TPSA) is 61.3 Å². The van der Waals surface area contributed by atoms with Crippen LogP contribution in [0.4, 0.5) is 0 Å². The average Bonchev–Trinajstić information content (AvgIpc) is 2.65. The molecule has 0 radical (unpaired) electrons. The van der Waals surface area contributed by atoms with Crippen LogP contribution in [0.1, 0.15) is 16.2 Å². The number of Topliss-reactive ketones (excluding diaryl/α,β-unsaturated/α-hetero) is 1. The number of ether oxygens (including phenoxy) is 2. The molecule has 6 heteroatoms. The van der Waals surface area contributed by atoms with Crippen molar-refractivity contribution in [1.82, 2.24) is 9.97 Å². The standard InChI is InChI=1S/C19H18N2O3S/c1-12-20-15-7-5-4-6-14(15)19(21-12)25-11-16(22)13-8-9-17(23-2)18(10-13)24-3/h4-10H,11H2,1-3H3. The molecular formula is C19H18N2O3S. The van der Waals surface area contributed by atoms with Crippen LogP contribution >= 0.6 is 11.8 Å².